The van der Waals surface area contributed by atoms with Crippen LogP contribution in [0.2, 0.25) is 0 Å². The molecule has 0 amide bonds. The van der Waals surface area contributed by atoms with E-state index in [2.05, 4.69) is 71.3 Å². The molecule has 0 aromatic heterocycles. The number of rotatable bonds is 8. The lowest BCUT2D eigenvalue weighted by Crippen LogP contribution is -2.39. The minimum absolute atomic E-state index is 0.601. The van der Waals surface area contributed by atoms with Crippen LogP contribution in [0.25, 0.3) is 0 Å². The van der Waals surface area contributed by atoms with Crippen molar-refractivity contribution in [3.8, 4) is 0 Å². The molecular weight excluding hydrogens is 288 g/mol. The average molecular weight is 313 g/mol. The molecule has 1 rings (SSSR count). The third-order valence-corrected chi connectivity index (χ3v) is 4.05. The van der Waals surface area contributed by atoms with E-state index >= 15 is 0 Å². The van der Waals surface area contributed by atoms with E-state index in [0.717, 1.165) is 19.6 Å². The second-order valence-electron chi connectivity index (χ2n) is 4.77. The fourth-order valence-corrected chi connectivity index (χ4v) is 2.49. The van der Waals surface area contributed by atoms with Gasteiger partial charge in [0.25, 0.3) is 0 Å². The van der Waals surface area contributed by atoms with Crippen LogP contribution in [-0.2, 0) is 6.54 Å². The summed E-state index contributed by atoms with van der Waals surface area (Å²) in [7, 11) is 2.21. The Morgan fingerprint density at radius 3 is 2.61 bits per heavy atom. The lowest BCUT2D eigenvalue weighted by Gasteiger charge is -2.28. The van der Waals surface area contributed by atoms with Crippen molar-refractivity contribution >= 4 is 15.9 Å². The molecule has 0 radical (unpaired) electrons. The van der Waals surface area contributed by atoms with Crippen LogP contribution in [0.15, 0.2) is 28.7 Å². The van der Waals surface area contributed by atoms with Gasteiger partial charge in [-0.15, -0.1) is 0 Å². The standard InChI is InChI=1S/C15H25BrN2/c1-4-10-17-11-14(5-2)18(3)12-13-8-6-7-9-15(13)16/h6-9,14,17H,4-5,10-12H2,1-3H3. The first kappa shape index (κ1) is 15.7. The van der Waals surface area contributed by atoms with Gasteiger partial charge in [-0.2, -0.15) is 0 Å². The molecule has 0 saturated carbocycles. The molecule has 3 heteroatoms. The van der Waals surface area contributed by atoms with Crippen LogP contribution in [0.3, 0.4) is 0 Å². The molecule has 0 fully saturated rings. The predicted octanol–water partition coefficient (Wildman–Crippen LogP) is 3.66. The SMILES string of the molecule is CCCNCC(CC)N(C)Cc1ccccc1Br. The number of likely N-dealkylation sites (N-methyl/N-ethyl adjacent to an activating group) is 1. The summed E-state index contributed by atoms with van der Waals surface area (Å²) in [5.74, 6) is 0. The van der Waals surface area contributed by atoms with Crippen molar-refractivity contribution in [1.82, 2.24) is 10.2 Å². The van der Waals surface area contributed by atoms with Crippen LogP contribution < -0.4 is 5.32 Å². The summed E-state index contributed by atoms with van der Waals surface area (Å²) >= 11 is 3.62. The van der Waals surface area contributed by atoms with Crippen LogP contribution in [0.4, 0.5) is 0 Å². The molecule has 0 saturated heterocycles. The maximum atomic E-state index is 3.62. The van der Waals surface area contributed by atoms with Gasteiger partial charge in [-0.3, -0.25) is 4.90 Å². The quantitative estimate of drug-likeness (QED) is 0.737. The molecule has 0 spiro atoms. The first-order valence-electron chi connectivity index (χ1n) is 6.83. The second kappa shape index (κ2) is 8.68. The van der Waals surface area contributed by atoms with Crippen LogP contribution >= 0.6 is 15.9 Å². The molecule has 0 heterocycles. The number of hydrogen-bond acceptors (Lipinski definition) is 2. The van der Waals surface area contributed by atoms with Gasteiger partial charge in [0.05, 0.1) is 0 Å². The fraction of sp³-hybridized carbons (Fsp3) is 0.600. The van der Waals surface area contributed by atoms with Crippen LogP contribution in [0.5, 0.6) is 0 Å². The molecule has 1 aromatic carbocycles. The Morgan fingerprint density at radius 2 is 2.00 bits per heavy atom. The monoisotopic (exact) mass is 312 g/mol. The Kier molecular flexibility index (Phi) is 7.56. The lowest BCUT2D eigenvalue weighted by atomic mass is 10.1. The van der Waals surface area contributed by atoms with Gasteiger partial charge >= 0.3 is 0 Å². The van der Waals surface area contributed by atoms with E-state index in [1.807, 2.05) is 0 Å². The van der Waals surface area contributed by atoms with Crippen molar-refractivity contribution < 1.29 is 0 Å². The minimum atomic E-state index is 0.601. The van der Waals surface area contributed by atoms with Gasteiger partial charge in [0, 0.05) is 23.6 Å². The van der Waals surface area contributed by atoms with E-state index in [0.29, 0.717) is 6.04 Å². The Morgan fingerprint density at radius 1 is 1.28 bits per heavy atom. The number of nitrogens with one attached hydrogen (secondary N) is 1. The average Bonchev–Trinajstić information content (AvgIpc) is 2.37. The van der Waals surface area contributed by atoms with Gasteiger partial charge in [-0.05, 0) is 38.1 Å². The highest BCUT2D eigenvalue weighted by Gasteiger charge is 2.13. The molecular formula is C15H25BrN2. The maximum absolute atomic E-state index is 3.62. The fourth-order valence-electron chi connectivity index (χ4n) is 2.08. The third kappa shape index (κ3) is 5.09. The number of halogens is 1. The van der Waals surface area contributed by atoms with Crippen LogP contribution in [-0.4, -0.2) is 31.1 Å². The zero-order chi connectivity index (χ0) is 13.4. The summed E-state index contributed by atoms with van der Waals surface area (Å²) < 4.78 is 1.20. The zero-order valence-electron chi connectivity index (χ0n) is 11.7. The first-order valence-corrected chi connectivity index (χ1v) is 7.62. The summed E-state index contributed by atoms with van der Waals surface area (Å²) in [5, 5.41) is 3.51. The molecule has 18 heavy (non-hydrogen) atoms. The summed E-state index contributed by atoms with van der Waals surface area (Å²) in [6.45, 7) is 7.64. The smallest absolute Gasteiger partial charge is 0.0245 e. The third-order valence-electron chi connectivity index (χ3n) is 3.28. The largest absolute Gasteiger partial charge is 0.315 e. The minimum Gasteiger partial charge on any atom is -0.315 e. The zero-order valence-corrected chi connectivity index (χ0v) is 13.3. The highest BCUT2D eigenvalue weighted by molar-refractivity contribution is 9.10. The molecule has 1 N–H and O–H groups in total. The van der Waals surface area contributed by atoms with Gasteiger partial charge in [-0.25, -0.2) is 0 Å². The van der Waals surface area contributed by atoms with E-state index in [1.54, 1.807) is 0 Å². The van der Waals surface area contributed by atoms with Gasteiger partial charge in [0.2, 0.25) is 0 Å². The van der Waals surface area contributed by atoms with Gasteiger partial charge in [0.15, 0.2) is 0 Å². The predicted molar refractivity (Wildman–Crippen MR) is 82.8 cm³/mol. The molecule has 102 valence electrons. The molecule has 0 aliphatic heterocycles. The molecule has 1 unspecified atom stereocenters. The number of nitrogens with zero attached hydrogens (tertiary/aromatic N) is 1. The normalized spacial score (nSPS) is 12.9. The van der Waals surface area contributed by atoms with E-state index in [-0.39, 0.29) is 0 Å². The molecule has 0 bridgehead atoms. The van der Waals surface area contributed by atoms with Gasteiger partial charge in [-0.1, -0.05) is 48.0 Å². The van der Waals surface area contributed by atoms with Crippen LogP contribution in [0, 0.1) is 0 Å². The van der Waals surface area contributed by atoms with Crippen molar-refractivity contribution in [2.24, 2.45) is 0 Å². The van der Waals surface area contributed by atoms with Crippen molar-refractivity contribution in [1.29, 1.82) is 0 Å². The first-order chi connectivity index (χ1) is 8.69. The summed E-state index contributed by atoms with van der Waals surface area (Å²) in [6.07, 6.45) is 2.38. The second-order valence-corrected chi connectivity index (χ2v) is 5.63. The maximum Gasteiger partial charge on any atom is 0.0245 e. The Hall–Kier alpha value is -0.380. The molecule has 1 aromatic rings. The van der Waals surface area contributed by atoms with Crippen molar-refractivity contribution in [3.05, 3.63) is 34.3 Å². The van der Waals surface area contributed by atoms with E-state index in [1.165, 1.54) is 22.9 Å². The summed E-state index contributed by atoms with van der Waals surface area (Å²) in [6, 6.07) is 9.06. The molecule has 0 aliphatic rings. The topological polar surface area (TPSA) is 15.3 Å². The van der Waals surface area contributed by atoms with Crippen molar-refractivity contribution in [2.45, 2.75) is 39.3 Å². The molecule has 0 aliphatic carbocycles. The summed E-state index contributed by atoms with van der Waals surface area (Å²) in [4.78, 5) is 2.43. The van der Waals surface area contributed by atoms with Gasteiger partial charge in [0.1, 0.15) is 0 Å². The molecule has 2 nitrogen and oxygen atoms in total. The van der Waals surface area contributed by atoms with Gasteiger partial charge < -0.3 is 5.32 Å². The number of hydrogen-bond donors (Lipinski definition) is 1. The Bertz CT molecular complexity index is 341. The van der Waals surface area contributed by atoms with E-state index < -0.39 is 0 Å². The van der Waals surface area contributed by atoms with E-state index in [9.17, 15) is 0 Å². The Labute approximate surface area is 120 Å². The summed E-state index contributed by atoms with van der Waals surface area (Å²) in [5.41, 5.74) is 1.36. The highest BCUT2D eigenvalue weighted by Crippen LogP contribution is 2.18. The highest BCUT2D eigenvalue weighted by atomic mass is 79.9. The van der Waals surface area contributed by atoms with Crippen LogP contribution in [0.1, 0.15) is 32.3 Å². The van der Waals surface area contributed by atoms with Crippen molar-refractivity contribution in [2.75, 3.05) is 20.1 Å². The van der Waals surface area contributed by atoms with E-state index in [4.69, 9.17) is 0 Å². The Balaban J connectivity index is 2.51. The molecule has 1 atom stereocenters. The van der Waals surface area contributed by atoms with Crippen molar-refractivity contribution in [3.63, 3.8) is 0 Å². The number of benzene rings is 1. The lowest BCUT2D eigenvalue weighted by molar-refractivity contribution is 0.221.